The minimum Gasteiger partial charge on any atom is -0.289 e. The summed E-state index contributed by atoms with van der Waals surface area (Å²) >= 11 is 5.69. The highest BCUT2D eigenvalue weighted by atomic mass is 32.1. The maximum atomic E-state index is 12.5. The van der Waals surface area contributed by atoms with Crippen molar-refractivity contribution in [1.29, 1.82) is 0 Å². The van der Waals surface area contributed by atoms with Gasteiger partial charge in [-0.1, -0.05) is 80.2 Å². The van der Waals surface area contributed by atoms with E-state index in [2.05, 4.69) is 37.5 Å². The first-order valence-corrected chi connectivity index (χ1v) is 11.6. The van der Waals surface area contributed by atoms with Gasteiger partial charge in [0.25, 0.3) is 0 Å². The average molecular weight is 431 g/mol. The molecule has 0 amide bonds. The lowest BCUT2D eigenvalue weighted by molar-refractivity contribution is -0.709. The highest BCUT2D eigenvalue weighted by Gasteiger charge is 2.13. The third-order valence-electron chi connectivity index (χ3n) is 5.72. The van der Waals surface area contributed by atoms with Gasteiger partial charge < -0.3 is 0 Å². The van der Waals surface area contributed by atoms with Gasteiger partial charge in [-0.2, -0.15) is 0 Å². The number of ketones is 1. The van der Waals surface area contributed by atoms with Crippen LogP contribution < -0.4 is 4.57 Å². The summed E-state index contributed by atoms with van der Waals surface area (Å²) in [4.78, 5) is 13.6. The van der Waals surface area contributed by atoms with Gasteiger partial charge in [0.2, 0.25) is 0 Å². The molecule has 0 unspecified atom stereocenters. The molecule has 0 spiro atoms. The number of pyridine rings is 1. The van der Waals surface area contributed by atoms with E-state index in [1.165, 1.54) is 35.4 Å². The van der Waals surface area contributed by atoms with E-state index >= 15 is 0 Å². The molecule has 0 radical (unpaired) electrons. The van der Waals surface area contributed by atoms with Crippen LogP contribution in [0.2, 0.25) is 0 Å². The molecule has 2 aromatic carbocycles. The molecule has 3 heteroatoms. The number of carbonyl (C=O) groups excluding carboxylic acids is 1. The van der Waals surface area contributed by atoms with E-state index in [-0.39, 0.29) is 5.78 Å². The number of thiocarbonyl (C=S) groups is 1. The summed E-state index contributed by atoms with van der Waals surface area (Å²) in [7, 11) is 0. The largest absolute Gasteiger partial charge is 0.289 e. The SMILES string of the molecule is CCCC[n+]1c(C)cc(CC(=S)CCc2ccc(C(=O)c3ccccc3)cc2)cc1C. The summed E-state index contributed by atoms with van der Waals surface area (Å²) in [5, 5.41) is 0. The fourth-order valence-electron chi connectivity index (χ4n) is 3.96. The first kappa shape index (κ1) is 23.0. The topological polar surface area (TPSA) is 20.9 Å². The minimum atomic E-state index is 0.0636. The molecule has 3 aromatic rings. The second-order valence-electron chi connectivity index (χ2n) is 8.26. The Labute approximate surface area is 192 Å². The van der Waals surface area contributed by atoms with E-state index < -0.39 is 0 Å². The zero-order valence-corrected chi connectivity index (χ0v) is 19.7. The molecule has 0 aliphatic rings. The molecule has 0 saturated carbocycles. The van der Waals surface area contributed by atoms with E-state index in [0.29, 0.717) is 0 Å². The second kappa shape index (κ2) is 11.1. The third kappa shape index (κ3) is 6.41. The van der Waals surface area contributed by atoms with E-state index in [0.717, 1.165) is 41.8 Å². The summed E-state index contributed by atoms with van der Waals surface area (Å²) < 4.78 is 2.40. The molecule has 3 rings (SSSR count). The Morgan fingerprint density at radius 2 is 1.48 bits per heavy atom. The molecule has 31 heavy (non-hydrogen) atoms. The molecule has 1 heterocycles. The number of carbonyl (C=O) groups is 1. The van der Waals surface area contributed by atoms with Crippen molar-refractivity contribution >= 4 is 22.9 Å². The van der Waals surface area contributed by atoms with Crippen molar-refractivity contribution in [2.24, 2.45) is 0 Å². The van der Waals surface area contributed by atoms with Gasteiger partial charge in [-0.15, -0.1) is 0 Å². The number of rotatable bonds is 10. The minimum absolute atomic E-state index is 0.0636. The van der Waals surface area contributed by atoms with Crippen LogP contribution in [0.4, 0.5) is 0 Å². The molecular formula is C28H32NOS+. The molecule has 0 N–H and O–H groups in total. The Bertz CT molecular complexity index is 1020. The molecule has 160 valence electrons. The summed E-state index contributed by atoms with van der Waals surface area (Å²) in [5.41, 5.74) is 6.58. The number of benzene rings is 2. The maximum absolute atomic E-state index is 12.5. The molecular weight excluding hydrogens is 398 g/mol. The van der Waals surface area contributed by atoms with Gasteiger partial charge in [0, 0.05) is 49.9 Å². The van der Waals surface area contributed by atoms with Crippen LogP contribution in [0.1, 0.15) is 64.6 Å². The van der Waals surface area contributed by atoms with Crippen LogP contribution >= 0.6 is 12.2 Å². The van der Waals surface area contributed by atoms with Crippen LogP contribution in [0.15, 0.2) is 66.7 Å². The summed E-state index contributed by atoms with van der Waals surface area (Å²) in [6.07, 6.45) is 5.04. The van der Waals surface area contributed by atoms with Gasteiger partial charge in [0.15, 0.2) is 17.2 Å². The molecule has 0 aliphatic heterocycles. The molecule has 0 saturated heterocycles. The summed E-state index contributed by atoms with van der Waals surface area (Å²) in [6.45, 7) is 7.69. The van der Waals surface area contributed by atoms with Gasteiger partial charge in [0.1, 0.15) is 6.54 Å². The number of hydrogen-bond acceptors (Lipinski definition) is 2. The highest BCUT2D eigenvalue weighted by molar-refractivity contribution is 7.80. The van der Waals surface area contributed by atoms with Crippen LogP contribution in [0.3, 0.4) is 0 Å². The molecule has 1 aromatic heterocycles. The number of aryl methyl sites for hydroxylation is 3. The van der Waals surface area contributed by atoms with Crippen LogP contribution in [0.5, 0.6) is 0 Å². The number of nitrogens with zero attached hydrogens (tertiary/aromatic N) is 1. The maximum Gasteiger partial charge on any atom is 0.193 e. The van der Waals surface area contributed by atoms with Crippen molar-refractivity contribution in [1.82, 2.24) is 0 Å². The monoisotopic (exact) mass is 430 g/mol. The van der Waals surface area contributed by atoms with Crippen LogP contribution in [0, 0.1) is 13.8 Å². The van der Waals surface area contributed by atoms with Gasteiger partial charge >= 0.3 is 0 Å². The molecule has 0 bridgehead atoms. The number of hydrogen-bond donors (Lipinski definition) is 0. The van der Waals surface area contributed by atoms with Crippen LogP contribution in [0.25, 0.3) is 0 Å². The average Bonchev–Trinajstić information content (AvgIpc) is 2.77. The molecule has 0 aliphatic carbocycles. The van der Waals surface area contributed by atoms with E-state index in [4.69, 9.17) is 12.2 Å². The smallest absolute Gasteiger partial charge is 0.193 e. The Kier molecular flexibility index (Phi) is 8.25. The lowest BCUT2D eigenvalue weighted by Crippen LogP contribution is -2.40. The fraction of sp³-hybridized carbons (Fsp3) is 0.321. The van der Waals surface area contributed by atoms with Crippen LogP contribution in [-0.4, -0.2) is 10.6 Å². The second-order valence-corrected chi connectivity index (χ2v) is 8.84. The molecule has 2 nitrogen and oxygen atoms in total. The van der Waals surface area contributed by atoms with Crippen molar-refractivity contribution in [3.05, 3.63) is 100 Å². The Hall–Kier alpha value is -2.65. The number of unbranched alkanes of at least 4 members (excludes halogenated alkanes) is 1. The Morgan fingerprint density at radius 1 is 0.871 bits per heavy atom. The normalized spacial score (nSPS) is 10.8. The van der Waals surface area contributed by atoms with E-state index in [9.17, 15) is 4.79 Å². The van der Waals surface area contributed by atoms with Crippen molar-refractivity contribution in [3.8, 4) is 0 Å². The fourth-order valence-corrected chi connectivity index (χ4v) is 4.23. The highest BCUT2D eigenvalue weighted by Crippen LogP contribution is 2.14. The van der Waals surface area contributed by atoms with Crippen molar-refractivity contribution < 1.29 is 9.36 Å². The van der Waals surface area contributed by atoms with Gasteiger partial charge in [-0.25, -0.2) is 4.57 Å². The van der Waals surface area contributed by atoms with Crippen molar-refractivity contribution in [2.45, 2.75) is 59.4 Å². The summed E-state index contributed by atoms with van der Waals surface area (Å²) in [5.74, 6) is 0.0636. The summed E-state index contributed by atoms with van der Waals surface area (Å²) in [6, 6.07) is 21.9. The predicted octanol–water partition coefficient (Wildman–Crippen LogP) is 6.17. The lowest BCUT2D eigenvalue weighted by atomic mass is 9.99. The van der Waals surface area contributed by atoms with Gasteiger partial charge in [-0.05, 0) is 28.8 Å². The van der Waals surface area contributed by atoms with Crippen LogP contribution in [-0.2, 0) is 19.4 Å². The molecule has 0 fully saturated rings. The molecule has 0 atom stereocenters. The Balaban J connectivity index is 1.56. The number of aromatic nitrogens is 1. The van der Waals surface area contributed by atoms with E-state index in [1.54, 1.807) is 0 Å². The van der Waals surface area contributed by atoms with E-state index in [1.807, 2.05) is 54.6 Å². The quantitative estimate of drug-likeness (QED) is 0.218. The predicted molar refractivity (Wildman–Crippen MR) is 132 cm³/mol. The van der Waals surface area contributed by atoms with Crippen molar-refractivity contribution in [2.75, 3.05) is 0 Å². The first-order chi connectivity index (χ1) is 15.0. The third-order valence-corrected chi connectivity index (χ3v) is 6.07. The van der Waals surface area contributed by atoms with Gasteiger partial charge in [-0.3, -0.25) is 4.79 Å². The standard InChI is InChI=1S/C28H32NOS/c1-4-5-17-29-21(2)18-24(19-22(29)3)20-27(31)16-13-23-11-14-26(15-12-23)28(30)25-9-7-6-8-10-25/h6-12,14-15,18-19H,4-5,13,16-17,20H2,1-3H3/q+1. The lowest BCUT2D eigenvalue weighted by Gasteiger charge is -2.09. The zero-order valence-electron chi connectivity index (χ0n) is 18.9. The zero-order chi connectivity index (χ0) is 22.2. The van der Waals surface area contributed by atoms with Gasteiger partial charge in [0.05, 0.1) is 0 Å². The van der Waals surface area contributed by atoms with Crippen molar-refractivity contribution in [3.63, 3.8) is 0 Å². The Morgan fingerprint density at radius 3 is 2.10 bits per heavy atom. The first-order valence-electron chi connectivity index (χ1n) is 11.2.